The van der Waals surface area contributed by atoms with Crippen molar-refractivity contribution in [1.29, 1.82) is 0 Å². The number of rotatable bonds is 19. The third kappa shape index (κ3) is 19.4. The highest BCUT2D eigenvalue weighted by molar-refractivity contribution is 5.75. The van der Waals surface area contributed by atoms with Gasteiger partial charge in [0.1, 0.15) is 0 Å². The number of amides is 1. The molecule has 0 aliphatic rings. The summed E-state index contributed by atoms with van der Waals surface area (Å²) >= 11 is 0. The van der Waals surface area contributed by atoms with Crippen molar-refractivity contribution in [3.63, 3.8) is 0 Å². The van der Waals surface area contributed by atoms with E-state index in [1.807, 2.05) is 0 Å². The van der Waals surface area contributed by atoms with Gasteiger partial charge in [0.15, 0.2) is 0 Å². The number of carbonyl (C=O) groups excluding carboxylic acids is 1. The number of nitrogens with two attached hydrogens (primary N) is 1. The molecule has 0 atom stereocenters. The molecular formula is C20H43N3O. The fraction of sp³-hybridized carbons (Fsp3) is 0.950. The Morgan fingerprint density at radius 1 is 0.708 bits per heavy atom. The number of nitrogens with one attached hydrogen (secondary N) is 2. The molecule has 4 nitrogen and oxygen atoms in total. The molecule has 0 unspecified atom stereocenters. The summed E-state index contributed by atoms with van der Waals surface area (Å²) in [5, 5.41) is 6.11. The van der Waals surface area contributed by atoms with Crippen molar-refractivity contribution in [3.05, 3.63) is 0 Å². The van der Waals surface area contributed by atoms with Crippen LogP contribution in [0.3, 0.4) is 0 Å². The van der Waals surface area contributed by atoms with E-state index in [2.05, 4.69) is 17.6 Å². The van der Waals surface area contributed by atoms with Gasteiger partial charge in [-0.25, -0.2) is 0 Å². The van der Waals surface area contributed by atoms with E-state index in [0.717, 1.165) is 19.5 Å². The Labute approximate surface area is 150 Å². The van der Waals surface area contributed by atoms with E-state index < -0.39 is 0 Å². The van der Waals surface area contributed by atoms with Crippen LogP contribution in [0.1, 0.15) is 96.8 Å². The van der Waals surface area contributed by atoms with E-state index in [0.29, 0.717) is 19.5 Å². The Kier molecular flexibility index (Phi) is 19.9. The van der Waals surface area contributed by atoms with Crippen molar-refractivity contribution in [2.45, 2.75) is 96.8 Å². The molecule has 0 aromatic carbocycles. The second-order valence-corrected chi connectivity index (χ2v) is 6.88. The summed E-state index contributed by atoms with van der Waals surface area (Å²) in [6, 6.07) is 0. The maximum atomic E-state index is 11.6. The van der Waals surface area contributed by atoms with Crippen LogP contribution in [0, 0.1) is 0 Å². The molecule has 144 valence electrons. The van der Waals surface area contributed by atoms with Crippen LogP contribution in [0.25, 0.3) is 0 Å². The highest BCUT2D eigenvalue weighted by Crippen LogP contribution is 2.12. The zero-order valence-corrected chi connectivity index (χ0v) is 16.2. The normalized spacial score (nSPS) is 10.9. The van der Waals surface area contributed by atoms with Gasteiger partial charge < -0.3 is 16.4 Å². The van der Waals surface area contributed by atoms with E-state index >= 15 is 0 Å². The lowest BCUT2D eigenvalue weighted by atomic mass is 10.0. The predicted octanol–water partition coefficient (Wildman–Crippen LogP) is 4.13. The Morgan fingerprint density at radius 2 is 1.21 bits per heavy atom. The zero-order valence-electron chi connectivity index (χ0n) is 16.2. The highest BCUT2D eigenvalue weighted by Gasteiger charge is 2.00. The summed E-state index contributed by atoms with van der Waals surface area (Å²) in [4.78, 5) is 11.6. The van der Waals surface area contributed by atoms with Gasteiger partial charge in [0.05, 0.1) is 0 Å². The number of hydrogen-bond donors (Lipinski definition) is 3. The Hall–Kier alpha value is -0.610. The van der Waals surface area contributed by atoms with Gasteiger partial charge in [-0.1, -0.05) is 84.0 Å². The molecule has 0 spiro atoms. The maximum absolute atomic E-state index is 11.6. The third-order valence-corrected chi connectivity index (χ3v) is 4.45. The molecule has 0 aliphatic heterocycles. The fourth-order valence-corrected chi connectivity index (χ4v) is 2.91. The summed E-state index contributed by atoms with van der Waals surface area (Å²) < 4.78 is 0. The van der Waals surface area contributed by atoms with Crippen molar-refractivity contribution in [3.8, 4) is 0 Å². The fourth-order valence-electron chi connectivity index (χ4n) is 2.91. The Morgan fingerprint density at radius 3 is 1.71 bits per heavy atom. The van der Waals surface area contributed by atoms with Crippen molar-refractivity contribution in [1.82, 2.24) is 10.6 Å². The first-order valence-electron chi connectivity index (χ1n) is 10.5. The summed E-state index contributed by atoms with van der Waals surface area (Å²) in [6.45, 7) is 5.25. The van der Waals surface area contributed by atoms with E-state index in [4.69, 9.17) is 5.73 Å². The maximum Gasteiger partial charge on any atom is 0.220 e. The van der Waals surface area contributed by atoms with Crippen LogP contribution in [0.15, 0.2) is 0 Å². The van der Waals surface area contributed by atoms with Gasteiger partial charge in [-0.15, -0.1) is 0 Å². The predicted molar refractivity (Wildman–Crippen MR) is 105 cm³/mol. The first-order chi connectivity index (χ1) is 11.8. The number of unbranched alkanes of at least 4 members (excludes halogenated alkanes) is 12. The van der Waals surface area contributed by atoms with E-state index in [1.54, 1.807) is 0 Å². The lowest BCUT2D eigenvalue weighted by molar-refractivity contribution is -0.121. The lowest BCUT2D eigenvalue weighted by Gasteiger charge is -2.06. The summed E-state index contributed by atoms with van der Waals surface area (Å²) in [5.41, 5.74) is 5.38. The van der Waals surface area contributed by atoms with Crippen molar-refractivity contribution in [2.75, 3.05) is 26.2 Å². The van der Waals surface area contributed by atoms with Gasteiger partial charge in [0, 0.05) is 32.6 Å². The molecule has 24 heavy (non-hydrogen) atoms. The third-order valence-electron chi connectivity index (χ3n) is 4.45. The molecule has 0 fully saturated rings. The van der Waals surface area contributed by atoms with Crippen molar-refractivity contribution < 1.29 is 4.79 Å². The molecule has 4 heteroatoms. The van der Waals surface area contributed by atoms with Gasteiger partial charge in [-0.2, -0.15) is 0 Å². The molecule has 0 rings (SSSR count). The average molecular weight is 342 g/mol. The molecule has 0 aromatic heterocycles. The molecule has 0 heterocycles. The standard InChI is InChI=1S/C20H43N3O/c1-2-3-4-5-6-7-8-9-10-11-12-13-14-15-20(24)23-19-18-22-17-16-21/h22H,2-19,21H2,1H3,(H,23,24). The molecular weight excluding hydrogens is 298 g/mol. The van der Waals surface area contributed by atoms with Crippen LogP contribution in [0.5, 0.6) is 0 Å². The molecule has 0 saturated heterocycles. The first-order valence-corrected chi connectivity index (χ1v) is 10.5. The zero-order chi connectivity index (χ0) is 17.7. The molecule has 4 N–H and O–H groups in total. The Balaban J connectivity index is 3.10. The quantitative estimate of drug-likeness (QED) is 0.309. The summed E-state index contributed by atoms with van der Waals surface area (Å²) in [7, 11) is 0. The lowest BCUT2D eigenvalue weighted by Crippen LogP contribution is -2.33. The first kappa shape index (κ1) is 23.4. The smallest absolute Gasteiger partial charge is 0.220 e. The van der Waals surface area contributed by atoms with Crippen molar-refractivity contribution >= 4 is 5.91 Å². The van der Waals surface area contributed by atoms with Crippen LogP contribution in [-0.4, -0.2) is 32.1 Å². The van der Waals surface area contributed by atoms with E-state index in [-0.39, 0.29) is 5.91 Å². The molecule has 1 amide bonds. The van der Waals surface area contributed by atoms with Crippen LogP contribution >= 0.6 is 0 Å². The molecule has 0 aliphatic carbocycles. The second-order valence-electron chi connectivity index (χ2n) is 6.88. The van der Waals surface area contributed by atoms with Crippen LogP contribution in [0.2, 0.25) is 0 Å². The molecule has 0 saturated carbocycles. The minimum absolute atomic E-state index is 0.188. The SMILES string of the molecule is CCCCCCCCCCCCCCCC(=O)NCCNCCN. The average Bonchev–Trinajstić information content (AvgIpc) is 2.59. The van der Waals surface area contributed by atoms with E-state index in [1.165, 1.54) is 77.0 Å². The van der Waals surface area contributed by atoms with E-state index in [9.17, 15) is 4.79 Å². The van der Waals surface area contributed by atoms with Crippen LogP contribution in [-0.2, 0) is 4.79 Å². The molecule has 0 bridgehead atoms. The van der Waals surface area contributed by atoms with Crippen LogP contribution in [0.4, 0.5) is 0 Å². The topological polar surface area (TPSA) is 67.2 Å². The summed E-state index contributed by atoms with van der Waals surface area (Å²) in [5.74, 6) is 0.188. The van der Waals surface area contributed by atoms with Gasteiger partial charge in [-0.3, -0.25) is 4.79 Å². The number of carbonyl (C=O) groups is 1. The summed E-state index contributed by atoms with van der Waals surface area (Å²) in [6.07, 6.45) is 18.1. The van der Waals surface area contributed by atoms with Crippen molar-refractivity contribution in [2.24, 2.45) is 5.73 Å². The van der Waals surface area contributed by atoms with Gasteiger partial charge in [-0.05, 0) is 6.42 Å². The largest absolute Gasteiger partial charge is 0.355 e. The highest BCUT2D eigenvalue weighted by atomic mass is 16.1. The molecule has 0 radical (unpaired) electrons. The minimum Gasteiger partial charge on any atom is -0.355 e. The van der Waals surface area contributed by atoms with Crippen LogP contribution < -0.4 is 16.4 Å². The molecule has 0 aromatic rings. The van der Waals surface area contributed by atoms with Gasteiger partial charge >= 0.3 is 0 Å². The Bertz CT molecular complexity index is 259. The minimum atomic E-state index is 0.188. The second kappa shape index (κ2) is 20.4. The van der Waals surface area contributed by atoms with Gasteiger partial charge in [0.2, 0.25) is 5.91 Å². The monoisotopic (exact) mass is 341 g/mol. The van der Waals surface area contributed by atoms with Gasteiger partial charge in [0.25, 0.3) is 0 Å². The number of hydrogen-bond acceptors (Lipinski definition) is 3.